The predicted molar refractivity (Wildman–Crippen MR) is 114 cm³/mol. The molecule has 1 fully saturated rings. The van der Waals surface area contributed by atoms with Crippen LogP contribution in [0.2, 0.25) is 0 Å². The van der Waals surface area contributed by atoms with E-state index >= 15 is 0 Å². The summed E-state index contributed by atoms with van der Waals surface area (Å²) in [7, 11) is -3.44. The Kier molecular flexibility index (Phi) is 6.59. The van der Waals surface area contributed by atoms with Crippen molar-refractivity contribution in [2.45, 2.75) is 50.9 Å². The summed E-state index contributed by atoms with van der Waals surface area (Å²) in [6.07, 6.45) is 0.777. The van der Waals surface area contributed by atoms with E-state index in [2.05, 4.69) is 10.0 Å². The van der Waals surface area contributed by atoms with Gasteiger partial charge in [0.25, 0.3) is 0 Å². The van der Waals surface area contributed by atoms with Crippen LogP contribution in [-0.4, -0.2) is 32.2 Å². The predicted octanol–water partition coefficient (Wildman–Crippen LogP) is 3.40. The lowest BCUT2D eigenvalue weighted by atomic mass is 9.91. The minimum absolute atomic E-state index is 0.0687. The van der Waals surface area contributed by atoms with Crippen LogP contribution >= 0.6 is 0 Å². The highest BCUT2D eigenvalue weighted by atomic mass is 32.2. The zero-order chi connectivity index (χ0) is 21.0. The van der Waals surface area contributed by atoms with Gasteiger partial charge in [-0.3, -0.25) is 4.79 Å². The summed E-state index contributed by atoms with van der Waals surface area (Å²) in [5.74, 6) is 0.747. The van der Waals surface area contributed by atoms with Crippen LogP contribution in [0.4, 0.5) is 0 Å². The summed E-state index contributed by atoms with van der Waals surface area (Å²) < 4.78 is 33.2. The largest absolute Gasteiger partial charge is 0.493 e. The Morgan fingerprint density at radius 3 is 2.48 bits per heavy atom. The third kappa shape index (κ3) is 4.97. The molecule has 1 amide bonds. The van der Waals surface area contributed by atoms with E-state index in [-0.39, 0.29) is 11.9 Å². The molecule has 29 heavy (non-hydrogen) atoms. The topological polar surface area (TPSA) is 84.5 Å². The maximum absolute atomic E-state index is 12.4. The minimum Gasteiger partial charge on any atom is -0.493 e. The van der Waals surface area contributed by atoms with Gasteiger partial charge in [0.15, 0.2) is 0 Å². The van der Waals surface area contributed by atoms with E-state index in [4.69, 9.17) is 4.74 Å². The number of para-hydroxylation sites is 1. The van der Waals surface area contributed by atoms with Crippen molar-refractivity contribution in [2.24, 2.45) is 0 Å². The molecule has 1 saturated heterocycles. The Balaban J connectivity index is 1.87. The second kappa shape index (κ2) is 8.97. The lowest BCUT2D eigenvalue weighted by Crippen LogP contribution is -2.51. The van der Waals surface area contributed by atoms with Crippen LogP contribution in [0, 0.1) is 0 Å². The summed E-state index contributed by atoms with van der Waals surface area (Å²) in [6.45, 7) is 5.82. The van der Waals surface area contributed by atoms with Crippen molar-refractivity contribution >= 4 is 15.9 Å². The van der Waals surface area contributed by atoms with Gasteiger partial charge in [-0.05, 0) is 44.4 Å². The van der Waals surface area contributed by atoms with Crippen molar-refractivity contribution < 1.29 is 17.9 Å². The molecular formula is C22H28N2O4S. The van der Waals surface area contributed by atoms with Crippen LogP contribution in [0.3, 0.4) is 0 Å². The molecule has 0 aromatic heterocycles. The van der Waals surface area contributed by atoms with Crippen molar-refractivity contribution in [2.75, 3.05) is 6.61 Å². The molecule has 6 nitrogen and oxygen atoms in total. The Labute approximate surface area is 172 Å². The number of carbonyl (C=O) groups excluding carboxylic acids is 1. The number of sulfonamides is 1. The summed E-state index contributed by atoms with van der Waals surface area (Å²) in [5, 5.41) is 2.42. The van der Waals surface area contributed by atoms with Gasteiger partial charge in [0, 0.05) is 18.0 Å². The molecule has 7 heteroatoms. The number of ether oxygens (including phenoxy) is 1. The lowest BCUT2D eigenvalue weighted by molar-refractivity contribution is -0.123. The van der Waals surface area contributed by atoms with Gasteiger partial charge in [0.2, 0.25) is 15.9 Å². The first-order valence-corrected chi connectivity index (χ1v) is 11.5. The number of amides is 1. The van der Waals surface area contributed by atoms with Gasteiger partial charge in [-0.25, -0.2) is 13.1 Å². The van der Waals surface area contributed by atoms with Crippen molar-refractivity contribution in [3.05, 3.63) is 54.1 Å². The smallest absolute Gasteiger partial charge is 0.220 e. The number of benzene rings is 2. The molecule has 1 aliphatic heterocycles. The van der Waals surface area contributed by atoms with E-state index in [0.29, 0.717) is 19.4 Å². The zero-order valence-electron chi connectivity index (χ0n) is 17.0. The summed E-state index contributed by atoms with van der Waals surface area (Å²) in [6, 6.07) is 14.9. The molecule has 1 aliphatic rings. The van der Waals surface area contributed by atoms with Crippen molar-refractivity contribution in [1.82, 2.24) is 10.0 Å². The van der Waals surface area contributed by atoms with Crippen molar-refractivity contribution in [3.8, 4) is 16.9 Å². The quantitative estimate of drug-likeness (QED) is 0.725. The van der Waals surface area contributed by atoms with Crippen molar-refractivity contribution in [1.29, 1.82) is 0 Å². The molecule has 1 heterocycles. The number of hydrogen-bond acceptors (Lipinski definition) is 4. The number of piperidine rings is 1. The number of carbonyl (C=O) groups is 1. The standard InChI is InChI=1S/C22H28N2O4S/c1-4-28-20-8-6-5-7-18(20)16-9-11-17(12-10-16)22-19(13-14-21(25)23-22)24-29(26,27)15(2)3/h5-12,15,19,22,24H,4,13-14H2,1-3H3,(H,23,25)/t19-,22-/m1/s1. The molecular weight excluding hydrogens is 388 g/mol. The fourth-order valence-corrected chi connectivity index (χ4v) is 4.39. The van der Waals surface area contributed by atoms with E-state index < -0.39 is 21.3 Å². The van der Waals surface area contributed by atoms with Gasteiger partial charge in [-0.2, -0.15) is 0 Å². The van der Waals surface area contributed by atoms with Crippen LogP contribution in [-0.2, 0) is 14.8 Å². The maximum atomic E-state index is 12.4. The Bertz CT molecular complexity index is 955. The third-order valence-electron chi connectivity index (χ3n) is 5.11. The average molecular weight is 417 g/mol. The molecule has 0 unspecified atom stereocenters. The normalized spacial score (nSPS) is 19.8. The molecule has 2 N–H and O–H groups in total. The van der Waals surface area contributed by atoms with Gasteiger partial charge in [-0.1, -0.05) is 42.5 Å². The van der Waals surface area contributed by atoms with Crippen molar-refractivity contribution in [3.63, 3.8) is 0 Å². The summed E-state index contributed by atoms with van der Waals surface area (Å²) >= 11 is 0. The lowest BCUT2D eigenvalue weighted by Gasteiger charge is -2.33. The molecule has 2 aromatic carbocycles. The Morgan fingerprint density at radius 2 is 1.83 bits per heavy atom. The molecule has 0 radical (unpaired) electrons. The fourth-order valence-electron chi connectivity index (χ4n) is 3.45. The SMILES string of the molecule is CCOc1ccccc1-c1ccc([C@H]2NC(=O)CC[C@H]2NS(=O)(=O)C(C)C)cc1. The highest BCUT2D eigenvalue weighted by molar-refractivity contribution is 7.90. The molecule has 0 spiro atoms. The maximum Gasteiger partial charge on any atom is 0.220 e. The van der Waals surface area contributed by atoms with E-state index in [0.717, 1.165) is 22.4 Å². The molecule has 0 aliphatic carbocycles. The highest BCUT2D eigenvalue weighted by Gasteiger charge is 2.33. The average Bonchev–Trinajstić information content (AvgIpc) is 2.70. The van der Waals surface area contributed by atoms with Crippen LogP contribution in [0.15, 0.2) is 48.5 Å². The van der Waals surface area contributed by atoms with Gasteiger partial charge >= 0.3 is 0 Å². The molecule has 156 valence electrons. The molecule has 2 aromatic rings. The molecule has 0 saturated carbocycles. The minimum atomic E-state index is -3.44. The number of hydrogen-bond donors (Lipinski definition) is 2. The van der Waals surface area contributed by atoms with Crippen LogP contribution in [0.5, 0.6) is 5.75 Å². The third-order valence-corrected chi connectivity index (χ3v) is 6.98. The Morgan fingerprint density at radius 1 is 1.14 bits per heavy atom. The van der Waals surface area contributed by atoms with E-state index in [1.54, 1.807) is 13.8 Å². The number of nitrogens with one attached hydrogen (secondary N) is 2. The van der Waals surface area contributed by atoms with E-state index in [1.165, 1.54) is 0 Å². The van der Waals surface area contributed by atoms with Crippen LogP contribution in [0.1, 0.15) is 45.2 Å². The Hall–Kier alpha value is -2.38. The van der Waals surface area contributed by atoms with E-state index in [9.17, 15) is 13.2 Å². The molecule has 0 bridgehead atoms. The summed E-state index contributed by atoms with van der Waals surface area (Å²) in [4.78, 5) is 12.0. The second-order valence-corrected chi connectivity index (χ2v) is 9.72. The number of rotatable bonds is 7. The molecule has 2 atom stereocenters. The molecule has 3 rings (SSSR count). The van der Waals surface area contributed by atoms with Gasteiger partial charge in [-0.15, -0.1) is 0 Å². The zero-order valence-corrected chi connectivity index (χ0v) is 17.8. The van der Waals surface area contributed by atoms with Gasteiger partial charge in [0.05, 0.1) is 17.9 Å². The first kappa shape index (κ1) is 21.3. The highest BCUT2D eigenvalue weighted by Crippen LogP contribution is 2.32. The summed E-state index contributed by atoms with van der Waals surface area (Å²) in [5.41, 5.74) is 2.86. The second-order valence-electron chi connectivity index (χ2n) is 7.45. The first-order chi connectivity index (χ1) is 13.8. The van der Waals surface area contributed by atoms with Crippen LogP contribution in [0.25, 0.3) is 11.1 Å². The van der Waals surface area contributed by atoms with E-state index in [1.807, 2.05) is 55.5 Å². The van der Waals surface area contributed by atoms with Gasteiger partial charge in [0.1, 0.15) is 5.75 Å². The van der Waals surface area contributed by atoms with Gasteiger partial charge < -0.3 is 10.1 Å². The fraction of sp³-hybridized carbons (Fsp3) is 0.409. The first-order valence-electron chi connectivity index (χ1n) is 9.94. The van der Waals surface area contributed by atoms with Crippen LogP contribution < -0.4 is 14.8 Å². The monoisotopic (exact) mass is 416 g/mol.